The maximum Gasteiger partial charge on any atom is 0.334 e. The molecule has 0 aromatic heterocycles. The second-order valence-electron chi connectivity index (χ2n) is 13.1. The maximum absolute atomic E-state index is 11.7. The number of esters is 1. The lowest BCUT2D eigenvalue weighted by Gasteiger charge is -2.22. The number of rotatable bonds is 26. The monoisotopic (exact) mass is 596 g/mol. The first-order chi connectivity index (χ1) is 20.3. The molecule has 2 heterocycles. The first-order valence-corrected chi connectivity index (χ1v) is 17.6. The van der Waals surface area contributed by atoms with Crippen molar-refractivity contribution in [3.63, 3.8) is 0 Å². The van der Waals surface area contributed by atoms with Crippen molar-refractivity contribution in [1.82, 2.24) is 0 Å². The minimum atomic E-state index is -0.793. The highest BCUT2D eigenvalue weighted by atomic mass is 16.5. The molecule has 1 saturated heterocycles. The predicted molar refractivity (Wildman–Crippen MR) is 168 cm³/mol. The molecule has 0 radical (unpaired) electrons. The van der Waals surface area contributed by atoms with E-state index < -0.39 is 24.4 Å². The standard InChI is InChI=1S/C35H64O7/c1-3-4-5-6-7-8-9-10-11-12-13-17-20-31(37)32(38)22-23-33(39)34-24-21-30(42-34)19-16-14-15-18-29(36)26-28-25-27(2)41-35(28)40/h25,27,29-34,36-39H,3-24,26H2,1-2H3/t27?,29?,30-,31?,32?,33-,34+/m1/s1. The van der Waals surface area contributed by atoms with Crippen molar-refractivity contribution in [3.05, 3.63) is 11.6 Å². The Hall–Kier alpha value is -0.990. The highest BCUT2D eigenvalue weighted by Gasteiger charge is 2.31. The van der Waals surface area contributed by atoms with Crippen LogP contribution in [0.2, 0.25) is 0 Å². The lowest BCUT2D eigenvalue weighted by Crippen LogP contribution is -2.31. The Morgan fingerprint density at radius 3 is 1.93 bits per heavy atom. The zero-order valence-corrected chi connectivity index (χ0v) is 26.9. The number of cyclic esters (lactones) is 1. The number of carbonyl (C=O) groups excluding carboxylic acids is 1. The lowest BCUT2D eigenvalue weighted by atomic mass is 9.97. The molecule has 7 atom stereocenters. The van der Waals surface area contributed by atoms with Crippen LogP contribution in [0.3, 0.4) is 0 Å². The number of hydrogen-bond acceptors (Lipinski definition) is 7. The fraction of sp³-hybridized carbons (Fsp3) is 0.914. The first kappa shape index (κ1) is 37.2. The van der Waals surface area contributed by atoms with Crippen molar-refractivity contribution in [3.8, 4) is 0 Å². The Labute approximate surface area is 256 Å². The lowest BCUT2D eigenvalue weighted by molar-refractivity contribution is -0.139. The molecule has 7 nitrogen and oxygen atoms in total. The number of carbonyl (C=O) groups is 1. The second-order valence-corrected chi connectivity index (χ2v) is 13.1. The van der Waals surface area contributed by atoms with Crippen LogP contribution in [0.4, 0.5) is 0 Å². The van der Waals surface area contributed by atoms with Crippen LogP contribution in [0.5, 0.6) is 0 Å². The zero-order valence-electron chi connectivity index (χ0n) is 26.9. The van der Waals surface area contributed by atoms with E-state index in [2.05, 4.69) is 6.92 Å². The minimum Gasteiger partial charge on any atom is -0.455 e. The molecule has 42 heavy (non-hydrogen) atoms. The summed E-state index contributed by atoms with van der Waals surface area (Å²) >= 11 is 0. The number of unbranched alkanes of at least 4 members (excludes halogenated alkanes) is 13. The number of aliphatic hydroxyl groups excluding tert-OH is 4. The number of aliphatic hydroxyl groups is 4. The van der Waals surface area contributed by atoms with E-state index in [0.29, 0.717) is 37.7 Å². The van der Waals surface area contributed by atoms with Crippen molar-refractivity contribution < 1.29 is 34.7 Å². The maximum atomic E-state index is 11.7. The van der Waals surface area contributed by atoms with Crippen molar-refractivity contribution in [1.29, 1.82) is 0 Å². The molecule has 246 valence electrons. The molecule has 0 bridgehead atoms. The Morgan fingerprint density at radius 2 is 1.31 bits per heavy atom. The minimum absolute atomic E-state index is 0.149. The van der Waals surface area contributed by atoms with E-state index in [0.717, 1.165) is 51.4 Å². The Morgan fingerprint density at radius 1 is 0.738 bits per heavy atom. The van der Waals surface area contributed by atoms with Gasteiger partial charge in [0.1, 0.15) is 6.10 Å². The predicted octanol–water partition coefficient (Wildman–Crippen LogP) is 7.06. The summed E-state index contributed by atoms with van der Waals surface area (Å²) < 4.78 is 11.2. The topological polar surface area (TPSA) is 116 Å². The summed E-state index contributed by atoms with van der Waals surface area (Å²) in [4.78, 5) is 11.7. The van der Waals surface area contributed by atoms with Crippen LogP contribution < -0.4 is 0 Å². The van der Waals surface area contributed by atoms with E-state index in [1.165, 1.54) is 64.2 Å². The third-order valence-electron chi connectivity index (χ3n) is 9.14. The summed E-state index contributed by atoms with van der Waals surface area (Å²) in [6, 6.07) is 0. The zero-order chi connectivity index (χ0) is 30.6. The molecule has 1 fully saturated rings. The van der Waals surface area contributed by atoms with E-state index in [9.17, 15) is 25.2 Å². The van der Waals surface area contributed by atoms with Gasteiger partial charge in [-0.15, -0.1) is 0 Å². The molecule has 4 unspecified atom stereocenters. The molecule has 2 aliphatic heterocycles. The SMILES string of the molecule is CCCCCCCCCCCCCCC(O)C(O)CC[C@@H](O)[C@@H]1CC[C@@H](CCCCCC(O)CC2=CC(C)OC2=O)O1. The Balaban J connectivity index is 1.43. The van der Waals surface area contributed by atoms with E-state index in [4.69, 9.17) is 9.47 Å². The van der Waals surface area contributed by atoms with Gasteiger partial charge in [-0.2, -0.15) is 0 Å². The quantitative estimate of drug-likeness (QED) is 0.0624. The van der Waals surface area contributed by atoms with Gasteiger partial charge in [0.05, 0.1) is 36.6 Å². The summed E-state index contributed by atoms with van der Waals surface area (Å²) in [5.41, 5.74) is 0.584. The van der Waals surface area contributed by atoms with Crippen LogP contribution in [0.1, 0.15) is 162 Å². The number of ether oxygens (including phenoxy) is 2. The van der Waals surface area contributed by atoms with Gasteiger partial charge in [0.15, 0.2) is 0 Å². The number of hydrogen-bond donors (Lipinski definition) is 4. The second kappa shape index (κ2) is 22.5. The summed E-state index contributed by atoms with van der Waals surface area (Å²) in [5, 5.41) is 41.6. The molecule has 4 N–H and O–H groups in total. The normalized spacial score (nSPS) is 23.5. The molecule has 0 amide bonds. The van der Waals surface area contributed by atoms with Crippen molar-refractivity contribution in [2.24, 2.45) is 0 Å². The van der Waals surface area contributed by atoms with E-state index in [1.54, 1.807) is 6.08 Å². The third-order valence-corrected chi connectivity index (χ3v) is 9.14. The molecular weight excluding hydrogens is 532 g/mol. The average Bonchev–Trinajstić information content (AvgIpc) is 3.57. The summed E-state index contributed by atoms with van der Waals surface area (Å²) in [7, 11) is 0. The highest BCUT2D eigenvalue weighted by Crippen LogP contribution is 2.28. The molecular formula is C35H64O7. The van der Waals surface area contributed by atoms with E-state index in [-0.39, 0.29) is 24.3 Å². The fourth-order valence-corrected chi connectivity index (χ4v) is 6.40. The molecule has 0 aromatic carbocycles. The molecule has 0 aliphatic carbocycles. The molecule has 0 spiro atoms. The smallest absolute Gasteiger partial charge is 0.334 e. The van der Waals surface area contributed by atoms with Crippen LogP contribution in [-0.2, 0) is 14.3 Å². The average molecular weight is 597 g/mol. The van der Waals surface area contributed by atoms with Gasteiger partial charge in [-0.05, 0) is 57.9 Å². The summed E-state index contributed by atoms with van der Waals surface area (Å²) in [6.07, 6.45) is 22.3. The van der Waals surface area contributed by atoms with Crippen LogP contribution >= 0.6 is 0 Å². The molecule has 7 heteroatoms. The molecule has 0 aromatic rings. The summed E-state index contributed by atoms with van der Waals surface area (Å²) in [6.45, 7) is 4.08. The molecule has 0 saturated carbocycles. The van der Waals surface area contributed by atoms with Crippen molar-refractivity contribution in [2.45, 2.75) is 204 Å². The molecule has 2 rings (SSSR count). The van der Waals surface area contributed by atoms with E-state index in [1.807, 2.05) is 6.92 Å². The Kier molecular flexibility index (Phi) is 19.9. The Bertz CT molecular complexity index is 726. The van der Waals surface area contributed by atoms with Gasteiger partial charge in [0, 0.05) is 12.0 Å². The van der Waals surface area contributed by atoms with Crippen LogP contribution in [-0.4, -0.2) is 69.1 Å². The van der Waals surface area contributed by atoms with Gasteiger partial charge in [-0.25, -0.2) is 4.79 Å². The van der Waals surface area contributed by atoms with E-state index >= 15 is 0 Å². The summed E-state index contributed by atoms with van der Waals surface area (Å²) in [5.74, 6) is -0.308. The van der Waals surface area contributed by atoms with Gasteiger partial charge >= 0.3 is 5.97 Å². The third kappa shape index (κ3) is 16.2. The van der Waals surface area contributed by atoms with Crippen LogP contribution in [0, 0.1) is 0 Å². The van der Waals surface area contributed by atoms with Crippen molar-refractivity contribution >= 4 is 5.97 Å². The van der Waals surface area contributed by atoms with Crippen molar-refractivity contribution in [2.75, 3.05) is 0 Å². The van der Waals surface area contributed by atoms with Gasteiger partial charge in [0.2, 0.25) is 0 Å². The highest BCUT2D eigenvalue weighted by molar-refractivity contribution is 5.90. The molecule has 2 aliphatic rings. The van der Waals surface area contributed by atoms with Gasteiger partial charge in [-0.3, -0.25) is 0 Å². The first-order valence-electron chi connectivity index (χ1n) is 17.6. The van der Waals surface area contributed by atoms with Crippen LogP contribution in [0.25, 0.3) is 0 Å². The van der Waals surface area contributed by atoms with Gasteiger partial charge < -0.3 is 29.9 Å². The fourth-order valence-electron chi connectivity index (χ4n) is 6.40. The van der Waals surface area contributed by atoms with Crippen LogP contribution in [0.15, 0.2) is 11.6 Å². The van der Waals surface area contributed by atoms with Gasteiger partial charge in [-0.1, -0.05) is 103 Å². The van der Waals surface area contributed by atoms with Gasteiger partial charge in [0.25, 0.3) is 0 Å². The largest absolute Gasteiger partial charge is 0.455 e.